The summed E-state index contributed by atoms with van der Waals surface area (Å²) in [5.41, 5.74) is -0.788. The van der Waals surface area contributed by atoms with E-state index < -0.39 is 15.4 Å². The van der Waals surface area contributed by atoms with E-state index in [1.807, 2.05) is 20.8 Å². The molecule has 118 valence electrons. The van der Waals surface area contributed by atoms with Crippen LogP contribution < -0.4 is 10.6 Å². The van der Waals surface area contributed by atoms with Gasteiger partial charge in [0.15, 0.2) is 15.8 Å². The van der Waals surface area contributed by atoms with Crippen LogP contribution in [-0.2, 0) is 9.84 Å². The van der Waals surface area contributed by atoms with E-state index in [2.05, 4.69) is 15.6 Å². The summed E-state index contributed by atoms with van der Waals surface area (Å²) in [5.74, 6) is 0.969. The minimum atomic E-state index is -2.90. The molecule has 20 heavy (non-hydrogen) atoms. The van der Waals surface area contributed by atoms with Crippen LogP contribution in [0.4, 0.5) is 0 Å². The van der Waals surface area contributed by atoms with Gasteiger partial charge in [0.2, 0.25) is 0 Å². The van der Waals surface area contributed by atoms with Gasteiger partial charge in [0, 0.05) is 12.6 Å². The SMILES string of the molecule is CCNC(=NCC(O)(CC)CC)NC1CCS(=O)(=O)C1. The molecular formula is C13H27N3O3S. The maximum absolute atomic E-state index is 11.4. The molecule has 0 amide bonds. The Balaban J connectivity index is 2.64. The monoisotopic (exact) mass is 305 g/mol. The third kappa shape index (κ3) is 5.28. The molecule has 1 aliphatic heterocycles. The second-order valence-electron chi connectivity index (χ2n) is 5.37. The second kappa shape index (κ2) is 7.26. The molecule has 6 nitrogen and oxygen atoms in total. The Hall–Kier alpha value is -0.820. The summed E-state index contributed by atoms with van der Waals surface area (Å²) in [6.45, 7) is 6.83. The van der Waals surface area contributed by atoms with E-state index in [1.54, 1.807) is 0 Å². The molecule has 0 aromatic rings. The van der Waals surface area contributed by atoms with Gasteiger partial charge in [0.25, 0.3) is 0 Å². The van der Waals surface area contributed by atoms with Crippen LogP contribution in [0.5, 0.6) is 0 Å². The fourth-order valence-electron chi connectivity index (χ4n) is 2.12. The minimum absolute atomic E-state index is 0.0888. The van der Waals surface area contributed by atoms with Crippen molar-refractivity contribution in [1.82, 2.24) is 10.6 Å². The third-order valence-electron chi connectivity index (χ3n) is 3.77. The van der Waals surface area contributed by atoms with Gasteiger partial charge in [-0.2, -0.15) is 0 Å². The molecule has 1 unspecified atom stereocenters. The smallest absolute Gasteiger partial charge is 0.191 e. The van der Waals surface area contributed by atoms with Gasteiger partial charge in [0.05, 0.1) is 23.7 Å². The highest BCUT2D eigenvalue weighted by molar-refractivity contribution is 7.91. The van der Waals surface area contributed by atoms with Gasteiger partial charge in [-0.15, -0.1) is 0 Å². The number of aliphatic imine (C=N–C) groups is 1. The molecule has 0 spiro atoms. The van der Waals surface area contributed by atoms with E-state index in [0.29, 0.717) is 38.3 Å². The summed E-state index contributed by atoms with van der Waals surface area (Å²) in [6.07, 6.45) is 1.90. The Labute approximate surface area is 122 Å². The molecule has 0 aromatic carbocycles. The highest BCUT2D eigenvalue weighted by atomic mass is 32.2. The first-order chi connectivity index (χ1) is 9.34. The summed E-state index contributed by atoms with van der Waals surface area (Å²) in [6, 6.07) is -0.0888. The van der Waals surface area contributed by atoms with Crippen molar-refractivity contribution in [2.24, 2.45) is 4.99 Å². The van der Waals surface area contributed by atoms with Gasteiger partial charge in [-0.25, -0.2) is 8.42 Å². The standard InChI is InChI=1S/C13H27N3O3S/c1-4-13(17,5-2)10-15-12(14-6-3)16-11-7-8-20(18,19)9-11/h11,17H,4-10H2,1-3H3,(H2,14,15,16). The molecule has 7 heteroatoms. The first kappa shape index (κ1) is 17.2. The van der Waals surface area contributed by atoms with E-state index >= 15 is 0 Å². The van der Waals surface area contributed by atoms with Gasteiger partial charge in [-0.3, -0.25) is 4.99 Å². The largest absolute Gasteiger partial charge is 0.388 e. The summed E-state index contributed by atoms with van der Waals surface area (Å²) >= 11 is 0. The predicted molar refractivity (Wildman–Crippen MR) is 81.7 cm³/mol. The van der Waals surface area contributed by atoms with E-state index in [-0.39, 0.29) is 17.5 Å². The van der Waals surface area contributed by atoms with Crippen molar-refractivity contribution in [3.05, 3.63) is 0 Å². The number of guanidine groups is 1. The van der Waals surface area contributed by atoms with Crippen molar-refractivity contribution < 1.29 is 13.5 Å². The number of rotatable bonds is 6. The zero-order valence-electron chi connectivity index (χ0n) is 12.6. The Morgan fingerprint density at radius 3 is 2.45 bits per heavy atom. The zero-order valence-corrected chi connectivity index (χ0v) is 13.5. The lowest BCUT2D eigenvalue weighted by molar-refractivity contribution is 0.0418. The van der Waals surface area contributed by atoms with Gasteiger partial charge in [-0.1, -0.05) is 13.8 Å². The van der Waals surface area contributed by atoms with Crippen LogP contribution in [0.3, 0.4) is 0 Å². The topological polar surface area (TPSA) is 90.8 Å². The van der Waals surface area contributed by atoms with E-state index in [1.165, 1.54) is 0 Å². The molecule has 1 atom stereocenters. The molecule has 1 rings (SSSR count). The number of hydrogen-bond donors (Lipinski definition) is 3. The van der Waals surface area contributed by atoms with Crippen molar-refractivity contribution in [2.75, 3.05) is 24.6 Å². The quantitative estimate of drug-likeness (QED) is 0.484. The molecule has 0 bridgehead atoms. The number of nitrogens with zero attached hydrogens (tertiary/aromatic N) is 1. The first-order valence-corrected chi connectivity index (χ1v) is 9.14. The van der Waals surface area contributed by atoms with Gasteiger partial charge < -0.3 is 15.7 Å². The maximum atomic E-state index is 11.4. The molecule has 1 saturated heterocycles. The van der Waals surface area contributed by atoms with Crippen LogP contribution in [0.15, 0.2) is 4.99 Å². The Kier molecular flexibility index (Phi) is 6.26. The Bertz CT molecular complexity index is 430. The molecular weight excluding hydrogens is 278 g/mol. The normalized spacial score (nSPS) is 22.8. The molecule has 0 aliphatic carbocycles. The lowest BCUT2D eigenvalue weighted by atomic mass is 9.98. The summed E-state index contributed by atoms with van der Waals surface area (Å²) in [4.78, 5) is 4.39. The number of sulfone groups is 1. The summed E-state index contributed by atoms with van der Waals surface area (Å²) in [5, 5.41) is 16.5. The molecule has 1 heterocycles. The fourth-order valence-corrected chi connectivity index (χ4v) is 3.80. The molecule has 0 radical (unpaired) electrons. The average molecular weight is 305 g/mol. The van der Waals surface area contributed by atoms with E-state index in [4.69, 9.17) is 0 Å². The number of nitrogens with one attached hydrogen (secondary N) is 2. The lowest BCUT2D eigenvalue weighted by Crippen LogP contribution is -2.45. The van der Waals surface area contributed by atoms with Gasteiger partial charge in [0.1, 0.15) is 0 Å². The predicted octanol–water partition coefficient (Wildman–Crippen LogP) is 0.280. The van der Waals surface area contributed by atoms with Crippen LogP contribution in [-0.4, -0.2) is 55.7 Å². The summed E-state index contributed by atoms with van der Waals surface area (Å²) in [7, 11) is -2.90. The number of aliphatic hydroxyl groups is 1. The highest BCUT2D eigenvalue weighted by Gasteiger charge is 2.28. The maximum Gasteiger partial charge on any atom is 0.191 e. The molecule has 0 aromatic heterocycles. The van der Waals surface area contributed by atoms with Crippen molar-refractivity contribution in [3.63, 3.8) is 0 Å². The number of hydrogen-bond acceptors (Lipinski definition) is 4. The van der Waals surface area contributed by atoms with E-state index in [9.17, 15) is 13.5 Å². The van der Waals surface area contributed by atoms with Crippen LogP contribution in [0.2, 0.25) is 0 Å². The van der Waals surface area contributed by atoms with Crippen LogP contribution in [0, 0.1) is 0 Å². The van der Waals surface area contributed by atoms with Crippen molar-refractivity contribution in [1.29, 1.82) is 0 Å². The zero-order chi connectivity index (χ0) is 15.2. The van der Waals surface area contributed by atoms with Crippen molar-refractivity contribution in [2.45, 2.75) is 51.7 Å². The lowest BCUT2D eigenvalue weighted by Gasteiger charge is -2.24. The Morgan fingerprint density at radius 1 is 1.35 bits per heavy atom. The second-order valence-corrected chi connectivity index (χ2v) is 7.60. The van der Waals surface area contributed by atoms with Gasteiger partial charge >= 0.3 is 0 Å². The van der Waals surface area contributed by atoms with Crippen LogP contribution in [0.25, 0.3) is 0 Å². The summed E-state index contributed by atoms with van der Waals surface area (Å²) < 4.78 is 22.9. The third-order valence-corrected chi connectivity index (χ3v) is 5.53. The Morgan fingerprint density at radius 2 is 2.00 bits per heavy atom. The van der Waals surface area contributed by atoms with Crippen molar-refractivity contribution >= 4 is 15.8 Å². The van der Waals surface area contributed by atoms with Crippen LogP contribution in [0.1, 0.15) is 40.0 Å². The van der Waals surface area contributed by atoms with Crippen molar-refractivity contribution in [3.8, 4) is 0 Å². The average Bonchev–Trinajstić information content (AvgIpc) is 2.75. The highest BCUT2D eigenvalue weighted by Crippen LogP contribution is 2.15. The van der Waals surface area contributed by atoms with Gasteiger partial charge in [-0.05, 0) is 26.2 Å². The van der Waals surface area contributed by atoms with Crippen LogP contribution >= 0.6 is 0 Å². The molecule has 1 fully saturated rings. The molecule has 0 saturated carbocycles. The van der Waals surface area contributed by atoms with E-state index in [0.717, 1.165) is 0 Å². The minimum Gasteiger partial charge on any atom is -0.388 e. The molecule has 1 aliphatic rings. The fraction of sp³-hybridized carbons (Fsp3) is 0.923. The first-order valence-electron chi connectivity index (χ1n) is 7.31. The molecule has 3 N–H and O–H groups in total.